The van der Waals surface area contributed by atoms with E-state index in [1.165, 1.54) is 13.8 Å². The van der Waals surface area contributed by atoms with Gasteiger partial charge in [0.2, 0.25) is 0 Å². The van der Waals surface area contributed by atoms with Crippen LogP contribution in [0.4, 0.5) is 0 Å². The van der Waals surface area contributed by atoms with Crippen molar-refractivity contribution in [2.45, 2.75) is 18.7 Å². The summed E-state index contributed by atoms with van der Waals surface area (Å²) < 4.78 is 1.09. The van der Waals surface area contributed by atoms with Crippen LogP contribution in [0.5, 0.6) is 0 Å². The summed E-state index contributed by atoms with van der Waals surface area (Å²) in [6.07, 6.45) is 0. The van der Waals surface area contributed by atoms with E-state index < -0.39 is 4.82 Å². The molecule has 0 aliphatic carbocycles. The average molecular weight is 255 g/mol. The molecule has 74 valence electrons. The van der Waals surface area contributed by atoms with Crippen LogP contribution in [-0.2, 0) is 9.59 Å². The summed E-state index contributed by atoms with van der Waals surface area (Å²) in [7, 11) is 0. The first-order valence-corrected chi connectivity index (χ1v) is 6.18. The summed E-state index contributed by atoms with van der Waals surface area (Å²) in [5.74, 6) is -0.0530. The zero-order valence-electron chi connectivity index (χ0n) is 8.19. The molecule has 0 fully saturated rings. The zero-order chi connectivity index (χ0) is 10.6. The normalized spacial score (nSPS) is 10.2. The SMILES string of the molecule is CC(=O)C([Se]c1ccccc1)C(C)=O. The van der Waals surface area contributed by atoms with Crippen LogP contribution in [0, 0.1) is 0 Å². The molecule has 0 amide bonds. The molecular weight excluding hydrogens is 243 g/mol. The second kappa shape index (κ2) is 5.08. The molecule has 0 aliphatic rings. The van der Waals surface area contributed by atoms with Crippen molar-refractivity contribution in [1.82, 2.24) is 0 Å². The molecule has 0 bridgehead atoms. The molecule has 14 heavy (non-hydrogen) atoms. The third-order valence-corrected chi connectivity index (χ3v) is 4.76. The Kier molecular flexibility index (Phi) is 4.05. The first-order chi connectivity index (χ1) is 6.61. The van der Waals surface area contributed by atoms with Crippen molar-refractivity contribution in [1.29, 1.82) is 0 Å². The van der Waals surface area contributed by atoms with Gasteiger partial charge in [-0.3, -0.25) is 0 Å². The van der Waals surface area contributed by atoms with Crippen molar-refractivity contribution in [3.8, 4) is 0 Å². The Morgan fingerprint density at radius 3 is 2.00 bits per heavy atom. The fourth-order valence-electron chi connectivity index (χ4n) is 1.09. The number of rotatable bonds is 4. The number of benzene rings is 1. The van der Waals surface area contributed by atoms with E-state index in [0.717, 1.165) is 4.46 Å². The standard InChI is InChI=1S/C11H12O2Se/c1-8(12)11(9(2)13)14-10-6-4-3-5-7-10/h3-7,11H,1-2H3. The van der Waals surface area contributed by atoms with Crippen LogP contribution in [0.1, 0.15) is 13.8 Å². The minimum atomic E-state index is -0.412. The van der Waals surface area contributed by atoms with Crippen LogP contribution >= 0.6 is 0 Å². The summed E-state index contributed by atoms with van der Waals surface area (Å²) in [6.45, 7) is 2.97. The van der Waals surface area contributed by atoms with E-state index in [1.54, 1.807) is 0 Å². The fourth-order valence-corrected chi connectivity index (χ4v) is 3.01. The third-order valence-electron chi connectivity index (χ3n) is 1.74. The predicted molar refractivity (Wildman–Crippen MR) is 56.9 cm³/mol. The number of Topliss-reactive ketones (excluding diaryl/α,β-unsaturated/α-hetero) is 2. The van der Waals surface area contributed by atoms with Gasteiger partial charge in [0.1, 0.15) is 0 Å². The zero-order valence-corrected chi connectivity index (χ0v) is 9.90. The van der Waals surface area contributed by atoms with E-state index in [2.05, 4.69) is 0 Å². The quantitative estimate of drug-likeness (QED) is 0.593. The summed E-state index contributed by atoms with van der Waals surface area (Å²) >= 11 is -0.0705. The van der Waals surface area contributed by atoms with Gasteiger partial charge in [-0.2, -0.15) is 0 Å². The number of carbonyl (C=O) groups is 2. The Morgan fingerprint density at radius 1 is 1.07 bits per heavy atom. The van der Waals surface area contributed by atoms with Gasteiger partial charge in [-0.25, -0.2) is 0 Å². The van der Waals surface area contributed by atoms with Crippen molar-refractivity contribution in [2.24, 2.45) is 0 Å². The first-order valence-electron chi connectivity index (χ1n) is 4.34. The van der Waals surface area contributed by atoms with Gasteiger partial charge in [-0.05, 0) is 0 Å². The summed E-state index contributed by atoms with van der Waals surface area (Å²) in [5, 5.41) is 0. The van der Waals surface area contributed by atoms with Gasteiger partial charge in [-0.15, -0.1) is 0 Å². The summed E-state index contributed by atoms with van der Waals surface area (Å²) in [5.41, 5.74) is 0. The van der Waals surface area contributed by atoms with E-state index in [9.17, 15) is 9.59 Å². The molecule has 0 heterocycles. The number of hydrogen-bond acceptors (Lipinski definition) is 2. The fraction of sp³-hybridized carbons (Fsp3) is 0.273. The van der Waals surface area contributed by atoms with Gasteiger partial charge >= 0.3 is 89.6 Å². The van der Waals surface area contributed by atoms with Crippen LogP contribution in [0.3, 0.4) is 0 Å². The average Bonchev–Trinajstić information content (AvgIpc) is 2.15. The molecule has 0 aromatic heterocycles. The Balaban J connectivity index is 2.75. The number of hydrogen-bond donors (Lipinski definition) is 0. The number of carbonyl (C=O) groups excluding carboxylic acids is 2. The van der Waals surface area contributed by atoms with Gasteiger partial charge in [0.05, 0.1) is 0 Å². The van der Waals surface area contributed by atoms with Crippen LogP contribution in [0.25, 0.3) is 0 Å². The number of ketones is 2. The van der Waals surface area contributed by atoms with E-state index in [0.29, 0.717) is 0 Å². The van der Waals surface area contributed by atoms with Crippen molar-refractivity contribution in [3.63, 3.8) is 0 Å². The van der Waals surface area contributed by atoms with E-state index in [-0.39, 0.29) is 26.5 Å². The van der Waals surface area contributed by atoms with Crippen LogP contribution < -0.4 is 4.46 Å². The van der Waals surface area contributed by atoms with Crippen molar-refractivity contribution in [2.75, 3.05) is 0 Å². The molecule has 0 saturated heterocycles. The Hall–Kier alpha value is -0.921. The van der Waals surface area contributed by atoms with E-state index in [1.807, 2.05) is 30.3 Å². The third kappa shape index (κ3) is 3.09. The van der Waals surface area contributed by atoms with Crippen molar-refractivity contribution < 1.29 is 9.59 Å². The Bertz CT molecular complexity index is 318. The molecular formula is C11H12O2Se. The van der Waals surface area contributed by atoms with Gasteiger partial charge < -0.3 is 0 Å². The molecule has 0 unspecified atom stereocenters. The molecule has 0 N–H and O–H groups in total. The van der Waals surface area contributed by atoms with Crippen LogP contribution in [0.15, 0.2) is 30.3 Å². The molecule has 2 nitrogen and oxygen atoms in total. The van der Waals surface area contributed by atoms with Crippen LogP contribution in [-0.4, -0.2) is 26.5 Å². The topological polar surface area (TPSA) is 34.1 Å². The predicted octanol–water partition coefficient (Wildman–Crippen LogP) is 0.983. The Morgan fingerprint density at radius 2 is 1.57 bits per heavy atom. The van der Waals surface area contributed by atoms with Crippen LogP contribution in [0.2, 0.25) is 4.82 Å². The molecule has 0 radical (unpaired) electrons. The van der Waals surface area contributed by atoms with Gasteiger partial charge in [0, 0.05) is 0 Å². The summed E-state index contributed by atoms with van der Waals surface area (Å²) in [6, 6.07) is 9.69. The first kappa shape index (κ1) is 11.2. The second-order valence-corrected chi connectivity index (χ2v) is 5.50. The molecule has 1 aromatic carbocycles. The van der Waals surface area contributed by atoms with Crippen molar-refractivity contribution >= 4 is 31.0 Å². The minimum absolute atomic E-state index is 0.0265. The molecule has 1 rings (SSSR count). The Labute approximate surface area is 89.9 Å². The van der Waals surface area contributed by atoms with E-state index >= 15 is 0 Å². The van der Waals surface area contributed by atoms with E-state index in [4.69, 9.17) is 0 Å². The molecule has 0 aliphatic heterocycles. The second-order valence-electron chi connectivity index (χ2n) is 3.03. The maximum absolute atomic E-state index is 11.2. The van der Waals surface area contributed by atoms with Gasteiger partial charge in [-0.1, -0.05) is 0 Å². The monoisotopic (exact) mass is 256 g/mol. The van der Waals surface area contributed by atoms with Gasteiger partial charge in [0.15, 0.2) is 0 Å². The maximum atomic E-state index is 11.2. The molecule has 0 atom stereocenters. The van der Waals surface area contributed by atoms with Crippen molar-refractivity contribution in [3.05, 3.63) is 30.3 Å². The molecule has 1 aromatic rings. The molecule has 0 spiro atoms. The molecule has 0 saturated carbocycles. The summed E-state index contributed by atoms with van der Waals surface area (Å²) in [4.78, 5) is 22.0. The molecule has 3 heteroatoms. The van der Waals surface area contributed by atoms with Gasteiger partial charge in [0.25, 0.3) is 0 Å².